The number of aliphatic hydroxyl groups is 2. The average molecular weight is 241 g/mol. The highest BCUT2D eigenvalue weighted by Gasteiger charge is 2.23. The van der Waals surface area contributed by atoms with Gasteiger partial charge in [-0.25, -0.2) is 14.8 Å². The zero-order valence-electron chi connectivity index (χ0n) is 9.64. The second kappa shape index (κ2) is 5.07. The molecular weight excluding hydrogens is 226 g/mol. The van der Waals surface area contributed by atoms with Crippen LogP contribution in [-0.2, 0) is 0 Å². The molecule has 17 heavy (non-hydrogen) atoms. The van der Waals surface area contributed by atoms with E-state index in [1.807, 2.05) is 0 Å². The summed E-state index contributed by atoms with van der Waals surface area (Å²) in [6.07, 6.45) is 0. The van der Waals surface area contributed by atoms with E-state index < -0.39 is 11.5 Å². The monoisotopic (exact) mass is 241 g/mol. The minimum Gasteiger partial charge on any atom is -0.477 e. The number of carboxylic acid groups (broad SMARTS) is 1. The second-order valence-electron chi connectivity index (χ2n) is 4.03. The van der Waals surface area contributed by atoms with Crippen LogP contribution in [0.25, 0.3) is 0 Å². The molecule has 0 saturated carbocycles. The molecule has 1 rings (SSSR count). The van der Waals surface area contributed by atoms with Crippen LogP contribution in [0.1, 0.15) is 23.1 Å². The molecule has 94 valence electrons. The number of carboxylic acids is 1. The number of nitrogens with one attached hydrogen (secondary N) is 1. The maximum Gasteiger partial charge on any atom is 0.354 e. The van der Waals surface area contributed by atoms with E-state index in [9.17, 15) is 4.79 Å². The Morgan fingerprint density at radius 3 is 2.47 bits per heavy atom. The Morgan fingerprint density at radius 2 is 2.00 bits per heavy atom. The quantitative estimate of drug-likeness (QED) is 0.556. The van der Waals surface area contributed by atoms with Crippen LogP contribution in [0.3, 0.4) is 0 Å². The molecule has 0 bridgehead atoms. The average Bonchev–Trinajstić information content (AvgIpc) is 2.28. The number of rotatable bonds is 5. The number of aryl methyl sites for hydroxylation is 1. The summed E-state index contributed by atoms with van der Waals surface area (Å²) in [5, 5.41) is 29.7. The summed E-state index contributed by atoms with van der Waals surface area (Å²) in [6.45, 7) is 2.54. The molecule has 4 N–H and O–H groups in total. The summed E-state index contributed by atoms with van der Waals surface area (Å²) >= 11 is 0. The van der Waals surface area contributed by atoms with Crippen molar-refractivity contribution in [3.8, 4) is 0 Å². The Kier molecular flexibility index (Phi) is 3.97. The zero-order valence-corrected chi connectivity index (χ0v) is 9.64. The maximum atomic E-state index is 10.8. The molecule has 1 aromatic rings. The van der Waals surface area contributed by atoms with E-state index in [1.165, 1.54) is 6.07 Å². The Bertz CT molecular complexity index is 418. The summed E-state index contributed by atoms with van der Waals surface area (Å²) in [7, 11) is 0. The molecule has 0 aliphatic carbocycles. The second-order valence-corrected chi connectivity index (χ2v) is 4.03. The van der Waals surface area contributed by atoms with E-state index in [1.54, 1.807) is 13.8 Å². The molecule has 0 spiro atoms. The highest BCUT2D eigenvalue weighted by molar-refractivity contribution is 5.85. The smallest absolute Gasteiger partial charge is 0.354 e. The van der Waals surface area contributed by atoms with Crippen LogP contribution >= 0.6 is 0 Å². The van der Waals surface area contributed by atoms with Crippen molar-refractivity contribution in [1.29, 1.82) is 0 Å². The Labute approximate surface area is 98.2 Å². The van der Waals surface area contributed by atoms with Gasteiger partial charge in [-0.2, -0.15) is 0 Å². The molecule has 0 amide bonds. The Balaban J connectivity index is 3.02. The zero-order chi connectivity index (χ0) is 13.1. The number of hydrogen-bond acceptors (Lipinski definition) is 6. The van der Waals surface area contributed by atoms with Gasteiger partial charge in [-0.05, 0) is 19.9 Å². The van der Waals surface area contributed by atoms with Gasteiger partial charge in [0.2, 0.25) is 5.95 Å². The predicted octanol–water partition coefficient (Wildman–Crippen LogP) is -0.362. The van der Waals surface area contributed by atoms with E-state index in [0.29, 0.717) is 5.69 Å². The van der Waals surface area contributed by atoms with Crippen molar-refractivity contribution in [2.75, 3.05) is 18.5 Å². The van der Waals surface area contributed by atoms with Gasteiger partial charge >= 0.3 is 5.97 Å². The first-order chi connectivity index (χ1) is 7.90. The van der Waals surface area contributed by atoms with Gasteiger partial charge in [-0.3, -0.25) is 0 Å². The van der Waals surface area contributed by atoms with Crippen LogP contribution in [0, 0.1) is 6.92 Å². The molecule has 0 fully saturated rings. The van der Waals surface area contributed by atoms with Crippen LogP contribution in [-0.4, -0.2) is 50.0 Å². The lowest BCUT2D eigenvalue weighted by atomic mass is 10.1. The molecule has 0 radical (unpaired) electrons. The standard InChI is InChI=1S/C10H15N3O4/c1-6-3-7(8(16)17)12-9(11-6)13-10(2,4-14)5-15/h3,14-15H,4-5H2,1-2H3,(H,16,17)(H,11,12,13). The van der Waals surface area contributed by atoms with Gasteiger partial charge in [0, 0.05) is 5.69 Å². The van der Waals surface area contributed by atoms with E-state index in [2.05, 4.69) is 15.3 Å². The molecule has 7 nitrogen and oxygen atoms in total. The predicted molar refractivity (Wildman–Crippen MR) is 59.9 cm³/mol. The number of aromatic carboxylic acids is 1. The molecule has 0 unspecified atom stereocenters. The number of aromatic nitrogens is 2. The van der Waals surface area contributed by atoms with Gasteiger partial charge in [0.05, 0.1) is 18.8 Å². The first kappa shape index (κ1) is 13.3. The van der Waals surface area contributed by atoms with Gasteiger partial charge in [-0.15, -0.1) is 0 Å². The summed E-state index contributed by atoms with van der Waals surface area (Å²) in [5.74, 6) is -1.10. The van der Waals surface area contributed by atoms with Crippen molar-refractivity contribution in [3.05, 3.63) is 17.5 Å². The number of hydrogen-bond donors (Lipinski definition) is 4. The van der Waals surface area contributed by atoms with E-state index in [4.69, 9.17) is 15.3 Å². The largest absolute Gasteiger partial charge is 0.477 e. The molecule has 1 heterocycles. The van der Waals surface area contributed by atoms with E-state index in [-0.39, 0.29) is 24.9 Å². The topological polar surface area (TPSA) is 116 Å². The van der Waals surface area contributed by atoms with Crippen molar-refractivity contribution < 1.29 is 20.1 Å². The van der Waals surface area contributed by atoms with Crippen LogP contribution in [0.4, 0.5) is 5.95 Å². The van der Waals surface area contributed by atoms with Crippen molar-refractivity contribution in [2.45, 2.75) is 19.4 Å². The fraction of sp³-hybridized carbons (Fsp3) is 0.500. The minimum absolute atomic E-state index is 0.0630. The summed E-state index contributed by atoms with van der Waals surface area (Å²) < 4.78 is 0. The number of anilines is 1. The van der Waals surface area contributed by atoms with E-state index in [0.717, 1.165) is 0 Å². The summed E-state index contributed by atoms with van der Waals surface area (Å²) in [6, 6.07) is 1.34. The summed E-state index contributed by atoms with van der Waals surface area (Å²) in [4.78, 5) is 18.6. The Morgan fingerprint density at radius 1 is 1.41 bits per heavy atom. The lowest BCUT2D eigenvalue weighted by molar-refractivity contribution is 0.0690. The van der Waals surface area contributed by atoms with Gasteiger partial charge < -0.3 is 20.6 Å². The van der Waals surface area contributed by atoms with Crippen LogP contribution in [0.5, 0.6) is 0 Å². The minimum atomic E-state index is -1.16. The van der Waals surface area contributed by atoms with Crippen molar-refractivity contribution in [2.24, 2.45) is 0 Å². The number of carbonyl (C=O) groups is 1. The third-order valence-electron chi connectivity index (χ3n) is 2.18. The van der Waals surface area contributed by atoms with Crippen molar-refractivity contribution >= 4 is 11.9 Å². The molecule has 0 aromatic carbocycles. The van der Waals surface area contributed by atoms with Crippen molar-refractivity contribution in [3.63, 3.8) is 0 Å². The van der Waals surface area contributed by atoms with Crippen molar-refractivity contribution in [1.82, 2.24) is 9.97 Å². The molecule has 1 aromatic heterocycles. The third-order valence-corrected chi connectivity index (χ3v) is 2.18. The lowest BCUT2D eigenvalue weighted by Crippen LogP contribution is -2.43. The van der Waals surface area contributed by atoms with Crippen LogP contribution < -0.4 is 5.32 Å². The molecule has 0 aliphatic rings. The van der Waals surface area contributed by atoms with Gasteiger partial charge in [-0.1, -0.05) is 0 Å². The first-order valence-electron chi connectivity index (χ1n) is 4.99. The van der Waals surface area contributed by atoms with Crippen LogP contribution in [0.15, 0.2) is 6.07 Å². The highest BCUT2D eigenvalue weighted by Crippen LogP contribution is 2.12. The SMILES string of the molecule is Cc1cc(C(=O)O)nc(NC(C)(CO)CO)n1. The first-order valence-corrected chi connectivity index (χ1v) is 4.99. The summed E-state index contributed by atoms with van der Waals surface area (Å²) in [5.41, 5.74) is -0.653. The number of nitrogens with zero attached hydrogens (tertiary/aromatic N) is 2. The fourth-order valence-corrected chi connectivity index (χ4v) is 1.13. The van der Waals surface area contributed by atoms with Crippen LogP contribution in [0.2, 0.25) is 0 Å². The fourth-order valence-electron chi connectivity index (χ4n) is 1.13. The Hall–Kier alpha value is -1.73. The third kappa shape index (κ3) is 3.36. The molecule has 7 heteroatoms. The van der Waals surface area contributed by atoms with Gasteiger partial charge in [0.15, 0.2) is 5.69 Å². The molecule has 0 aliphatic heterocycles. The van der Waals surface area contributed by atoms with E-state index >= 15 is 0 Å². The van der Waals surface area contributed by atoms with Gasteiger partial charge in [0.1, 0.15) is 0 Å². The lowest BCUT2D eigenvalue weighted by Gasteiger charge is -2.26. The highest BCUT2D eigenvalue weighted by atomic mass is 16.4. The van der Waals surface area contributed by atoms with Gasteiger partial charge in [0.25, 0.3) is 0 Å². The maximum absolute atomic E-state index is 10.8. The molecular formula is C10H15N3O4. The normalized spacial score (nSPS) is 11.3. The molecule has 0 atom stereocenters. The molecule has 0 saturated heterocycles. The number of aliphatic hydroxyl groups excluding tert-OH is 2.